The molecule has 0 amide bonds. The number of fused-ring (bicyclic) bond motifs is 2. The normalized spacial score (nSPS) is 29.5. The van der Waals surface area contributed by atoms with Gasteiger partial charge in [-0.15, -0.1) is 0 Å². The number of carbonyl (C=O) groups is 1. The average molecular weight is 245 g/mol. The van der Waals surface area contributed by atoms with Crippen LogP contribution in [0.1, 0.15) is 28.8 Å². The molecule has 2 bridgehead atoms. The van der Waals surface area contributed by atoms with Crippen LogP contribution in [0.25, 0.3) is 0 Å². The molecule has 0 radical (unpaired) electrons. The zero-order chi connectivity index (χ0) is 12.5. The number of methoxy groups -OCH3 is 1. The molecule has 3 atom stereocenters. The zero-order valence-electron chi connectivity index (χ0n) is 10.8. The second-order valence-corrected chi connectivity index (χ2v) is 5.36. The Morgan fingerprint density at radius 2 is 2.17 bits per heavy atom. The summed E-state index contributed by atoms with van der Waals surface area (Å²) in [7, 11) is 1.42. The smallest absolute Gasteiger partial charge is 0.337 e. The molecule has 3 nitrogen and oxygen atoms in total. The Morgan fingerprint density at radius 1 is 1.39 bits per heavy atom. The van der Waals surface area contributed by atoms with Gasteiger partial charge in [-0.25, -0.2) is 4.79 Å². The summed E-state index contributed by atoms with van der Waals surface area (Å²) in [6.45, 7) is 2.56. The Kier molecular flexibility index (Phi) is 3.08. The van der Waals surface area contributed by atoms with E-state index in [9.17, 15) is 4.79 Å². The fourth-order valence-corrected chi connectivity index (χ4v) is 3.25. The highest BCUT2D eigenvalue weighted by molar-refractivity contribution is 5.89. The van der Waals surface area contributed by atoms with Gasteiger partial charge in [-0.05, 0) is 49.4 Å². The molecule has 2 aliphatic rings. The maximum Gasteiger partial charge on any atom is 0.337 e. The first-order valence-electron chi connectivity index (χ1n) is 6.69. The van der Waals surface area contributed by atoms with E-state index in [1.54, 1.807) is 0 Å². The summed E-state index contributed by atoms with van der Waals surface area (Å²) in [6.07, 6.45) is 3.87. The van der Waals surface area contributed by atoms with E-state index in [1.807, 2.05) is 12.1 Å². The minimum Gasteiger partial charge on any atom is -0.465 e. The molecule has 2 saturated heterocycles. The van der Waals surface area contributed by atoms with Gasteiger partial charge in [0.1, 0.15) is 0 Å². The van der Waals surface area contributed by atoms with E-state index in [4.69, 9.17) is 4.74 Å². The van der Waals surface area contributed by atoms with Crippen molar-refractivity contribution in [1.29, 1.82) is 0 Å². The number of ether oxygens (including phenoxy) is 1. The third-order valence-corrected chi connectivity index (χ3v) is 4.32. The van der Waals surface area contributed by atoms with Gasteiger partial charge < -0.3 is 4.74 Å². The summed E-state index contributed by atoms with van der Waals surface area (Å²) in [6, 6.07) is 8.58. The molecule has 2 fully saturated rings. The van der Waals surface area contributed by atoms with Gasteiger partial charge in [0.25, 0.3) is 0 Å². The number of hydrogen-bond donors (Lipinski definition) is 0. The number of piperidine rings is 2. The van der Waals surface area contributed by atoms with Gasteiger partial charge >= 0.3 is 5.97 Å². The summed E-state index contributed by atoms with van der Waals surface area (Å²) in [4.78, 5) is 13.9. The molecule has 18 heavy (non-hydrogen) atoms. The average Bonchev–Trinajstić information content (AvgIpc) is 2.45. The first kappa shape index (κ1) is 11.7. The van der Waals surface area contributed by atoms with Crippen molar-refractivity contribution in [3.05, 3.63) is 35.4 Å². The minimum atomic E-state index is -0.259. The van der Waals surface area contributed by atoms with Crippen molar-refractivity contribution in [3.8, 4) is 0 Å². The monoisotopic (exact) mass is 245 g/mol. The molecule has 0 N–H and O–H groups in total. The highest BCUT2D eigenvalue weighted by Gasteiger charge is 2.40. The van der Waals surface area contributed by atoms with Crippen molar-refractivity contribution in [2.75, 3.05) is 20.2 Å². The highest BCUT2D eigenvalue weighted by atomic mass is 16.5. The van der Waals surface area contributed by atoms with Crippen molar-refractivity contribution in [1.82, 2.24) is 4.90 Å². The maximum atomic E-state index is 11.3. The van der Waals surface area contributed by atoms with Gasteiger partial charge in [0, 0.05) is 12.6 Å². The first-order valence-corrected chi connectivity index (χ1v) is 6.69. The summed E-state index contributed by atoms with van der Waals surface area (Å²) < 4.78 is 4.70. The maximum absolute atomic E-state index is 11.3. The second kappa shape index (κ2) is 4.73. The predicted octanol–water partition coefficient (Wildman–Crippen LogP) is 2.11. The lowest BCUT2D eigenvalue weighted by atomic mass is 9.77. The Morgan fingerprint density at radius 3 is 2.72 bits per heavy atom. The molecule has 3 unspecified atom stereocenters. The predicted molar refractivity (Wildman–Crippen MR) is 69.6 cm³/mol. The van der Waals surface area contributed by atoms with Crippen LogP contribution in [0.2, 0.25) is 0 Å². The highest BCUT2D eigenvalue weighted by Crippen LogP contribution is 2.36. The van der Waals surface area contributed by atoms with Crippen molar-refractivity contribution < 1.29 is 9.53 Å². The molecule has 1 aromatic carbocycles. The Labute approximate surface area is 108 Å². The standard InChI is InChI=1S/C15H19NO2/c1-18-15(17)12-6-4-11(5-7-12)9-14-13-3-2-8-16(14)10-13/h4-7,13-14H,2-3,8-10H2,1H3. The van der Waals surface area contributed by atoms with E-state index in [2.05, 4.69) is 17.0 Å². The largest absolute Gasteiger partial charge is 0.465 e. The van der Waals surface area contributed by atoms with Crippen molar-refractivity contribution in [2.45, 2.75) is 25.3 Å². The van der Waals surface area contributed by atoms with Gasteiger partial charge in [-0.1, -0.05) is 12.1 Å². The molecule has 0 saturated carbocycles. The summed E-state index contributed by atoms with van der Waals surface area (Å²) in [5.41, 5.74) is 1.96. The van der Waals surface area contributed by atoms with Gasteiger partial charge in [0.05, 0.1) is 12.7 Å². The molecule has 1 aromatic rings. The zero-order valence-corrected chi connectivity index (χ0v) is 10.8. The third kappa shape index (κ3) is 2.03. The molecule has 0 spiro atoms. The van der Waals surface area contributed by atoms with Gasteiger partial charge in [-0.3, -0.25) is 4.90 Å². The lowest BCUT2D eigenvalue weighted by Crippen LogP contribution is -2.60. The topological polar surface area (TPSA) is 29.5 Å². The molecular formula is C15H19NO2. The lowest BCUT2D eigenvalue weighted by molar-refractivity contribution is -0.0277. The SMILES string of the molecule is COC(=O)c1ccc(CC2C3CCCN2C3)cc1. The van der Waals surface area contributed by atoms with Gasteiger partial charge in [-0.2, -0.15) is 0 Å². The van der Waals surface area contributed by atoms with E-state index >= 15 is 0 Å². The number of hydrogen-bond acceptors (Lipinski definition) is 3. The summed E-state index contributed by atoms with van der Waals surface area (Å²) >= 11 is 0. The van der Waals surface area contributed by atoms with Crippen LogP contribution >= 0.6 is 0 Å². The molecule has 3 heteroatoms. The Hall–Kier alpha value is -1.35. The quantitative estimate of drug-likeness (QED) is 0.764. The molecule has 96 valence electrons. The van der Waals surface area contributed by atoms with Crippen LogP contribution < -0.4 is 0 Å². The number of nitrogens with zero attached hydrogens (tertiary/aromatic N) is 1. The molecular weight excluding hydrogens is 226 g/mol. The van der Waals surface area contributed by atoms with Crippen LogP contribution in [0.15, 0.2) is 24.3 Å². The molecule has 0 aliphatic carbocycles. The van der Waals surface area contributed by atoms with Crippen LogP contribution in [-0.4, -0.2) is 37.1 Å². The van der Waals surface area contributed by atoms with Gasteiger partial charge in [0.15, 0.2) is 0 Å². The van der Waals surface area contributed by atoms with E-state index in [-0.39, 0.29) is 5.97 Å². The summed E-state index contributed by atoms with van der Waals surface area (Å²) in [5, 5.41) is 0. The van der Waals surface area contributed by atoms with E-state index in [0.717, 1.165) is 18.4 Å². The van der Waals surface area contributed by atoms with Crippen LogP contribution in [0.4, 0.5) is 0 Å². The second-order valence-electron chi connectivity index (χ2n) is 5.36. The van der Waals surface area contributed by atoms with Crippen LogP contribution in [-0.2, 0) is 11.2 Å². The fourth-order valence-electron chi connectivity index (χ4n) is 3.25. The van der Waals surface area contributed by atoms with Crippen LogP contribution in [0.5, 0.6) is 0 Å². The Bertz CT molecular complexity index is 426. The van der Waals surface area contributed by atoms with Gasteiger partial charge in [0.2, 0.25) is 0 Å². The molecule has 2 heterocycles. The van der Waals surface area contributed by atoms with E-state index in [0.29, 0.717) is 5.56 Å². The van der Waals surface area contributed by atoms with E-state index in [1.165, 1.54) is 38.6 Å². The number of carbonyl (C=O) groups excluding carboxylic acids is 1. The number of esters is 1. The number of rotatable bonds is 3. The van der Waals surface area contributed by atoms with Crippen molar-refractivity contribution in [3.63, 3.8) is 0 Å². The minimum absolute atomic E-state index is 0.259. The van der Waals surface area contributed by atoms with Crippen LogP contribution in [0.3, 0.4) is 0 Å². The first-order chi connectivity index (χ1) is 8.78. The summed E-state index contributed by atoms with van der Waals surface area (Å²) in [5.74, 6) is 0.643. The Balaban J connectivity index is 1.65. The van der Waals surface area contributed by atoms with E-state index < -0.39 is 0 Å². The molecule has 0 aromatic heterocycles. The van der Waals surface area contributed by atoms with Crippen molar-refractivity contribution >= 4 is 5.97 Å². The molecule has 2 aliphatic heterocycles. The lowest BCUT2D eigenvalue weighted by Gasteiger charge is -2.53. The fraction of sp³-hybridized carbons (Fsp3) is 0.533. The van der Waals surface area contributed by atoms with Crippen molar-refractivity contribution in [2.24, 2.45) is 5.92 Å². The molecule has 3 rings (SSSR count). The number of benzene rings is 1. The third-order valence-electron chi connectivity index (χ3n) is 4.32. The van der Waals surface area contributed by atoms with Crippen LogP contribution in [0, 0.1) is 5.92 Å².